The zero-order valence-corrected chi connectivity index (χ0v) is 11.4. The molecule has 3 rings (SSSR count). The van der Waals surface area contributed by atoms with E-state index in [1.165, 1.54) is 4.90 Å². The minimum Gasteiger partial charge on any atom is -0.497 e. The van der Waals surface area contributed by atoms with Crippen LogP contribution in [-0.4, -0.2) is 19.0 Å². The molecule has 1 aliphatic heterocycles. The molecule has 0 aliphatic carbocycles. The zero-order valence-electron chi connectivity index (χ0n) is 11.4. The van der Waals surface area contributed by atoms with Crippen molar-refractivity contribution in [3.8, 4) is 5.75 Å². The quantitative estimate of drug-likeness (QED) is 0.880. The summed E-state index contributed by atoms with van der Waals surface area (Å²) in [5, 5.41) is 2.36. The van der Waals surface area contributed by atoms with Gasteiger partial charge in [-0.1, -0.05) is 30.3 Å². The normalized spacial score (nSPS) is 17.8. The molecule has 3 amide bonds. The standard InChI is InChI=1S/C16H14N2O3/c1-21-13-9-7-11(8-10-13)14-15(19)17-16(20)18(14)12-5-3-2-4-6-12/h2-10,14H,1H3,(H,17,19,20). The Morgan fingerprint density at radius 3 is 2.29 bits per heavy atom. The van der Waals surface area contributed by atoms with Crippen LogP contribution in [0.5, 0.6) is 5.75 Å². The van der Waals surface area contributed by atoms with Crippen molar-refractivity contribution in [1.29, 1.82) is 0 Å². The molecule has 1 atom stereocenters. The Hall–Kier alpha value is -2.82. The van der Waals surface area contributed by atoms with Crippen LogP contribution >= 0.6 is 0 Å². The number of amides is 3. The molecule has 21 heavy (non-hydrogen) atoms. The molecule has 2 aromatic carbocycles. The van der Waals surface area contributed by atoms with E-state index in [4.69, 9.17) is 4.74 Å². The van der Waals surface area contributed by atoms with Gasteiger partial charge in [-0.3, -0.25) is 15.0 Å². The van der Waals surface area contributed by atoms with E-state index < -0.39 is 12.1 Å². The Labute approximate surface area is 122 Å². The first-order valence-corrected chi connectivity index (χ1v) is 6.54. The van der Waals surface area contributed by atoms with Crippen LogP contribution in [0.4, 0.5) is 10.5 Å². The van der Waals surface area contributed by atoms with E-state index in [0.29, 0.717) is 11.4 Å². The van der Waals surface area contributed by atoms with Gasteiger partial charge < -0.3 is 4.74 Å². The summed E-state index contributed by atoms with van der Waals surface area (Å²) in [5.41, 5.74) is 1.42. The first-order chi connectivity index (χ1) is 10.2. The summed E-state index contributed by atoms with van der Waals surface area (Å²) in [6, 6.07) is 15.2. The van der Waals surface area contributed by atoms with Gasteiger partial charge in [0, 0.05) is 5.69 Å². The lowest BCUT2D eigenvalue weighted by Gasteiger charge is -2.22. The van der Waals surface area contributed by atoms with Gasteiger partial charge in [0.05, 0.1) is 7.11 Å². The zero-order chi connectivity index (χ0) is 14.8. The second-order valence-corrected chi connectivity index (χ2v) is 4.68. The van der Waals surface area contributed by atoms with E-state index in [2.05, 4.69) is 5.32 Å². The first-order valence-electron chi connectivity index (χ1n) is 6.54. The minimum atomic E-state index is -0.661. The highest BCUT2D eigenvalue weighted by atomic mass is 16.5. The molecule has 1 N–H and O–H groups in total. The number of imide groups is 1. The Balaban J connectivity index is 2.01. The van der Waals surface area contributed by atoms with Crippen molar-refractivity contribution in [2.24, 2.45) is 0 Å². The Morgan fingerprint density at radius 1 is 1.00 bits per heavy atom. The number of hydrogen-bond donors (Lipinski definition) is 1. The summed E-state index contributed by atoms with van der Waals surface area (Å²) in [6.07, 6.45) is 0. The van der Waals surface area contributed by atoms with Crippen molar-refractivity contribution in [2.75, 3.05) is 12.0 Å². The lowest BCUT2D eigenvalue weighted by Crippen LogP contribution is -2.29. The monoisotopic (exact) mass is 282 g/mol. The van der Waals surface area contributed by atoms with Crippen molar-refractivity contribution in [2.45, 2.75) is 6.04 Å². The van der Waals surface area contributed by atoms with E-state index in [1.54, 1.807) is 43.5 Å². The third-order valence-corrected chi connectivity index (χ3v) is 3.42. The molecule has 1 heterocycles. The fourth-order valence-corrected chi connectivity index (χ4v) is 2.41. The third kappa shape index (κ3) is 2.33. The smallest absolute Gasteiger partial charge is 0.329 e. The average molecular weight is 282 g/mol. The molecule has 2 aromatic rings. The number of ether oxygens (including phenoxy) is 1. The third-order valence-electron chi connectivity index (χ3n) is 3.42. The Morgan fingerprint density at radius 2 is 1.67 bits per heavy atom. The first kappa shape index (κ1) is 13.2. The molecule has 106 valence electrons. The molecule has 1 aliphatic rings. The van der Waals surface area contributed by atoms with Crippen molar-refractivity contribution in [3.63, 3.8) is 0 Å². The molecular weight excluding hydrogens is 268 g/mol. The SMILES string of the molecule is COc1ccc(C2C(=O)NC(=O)N2c2ccccc2)cc1. The van der Waals surface area contributed by atoms with E-state index in [0.717, 1.165) is 5.56 Å². The molecule has 0 bridgehead atoms. The molecule has 1 fully saturated rings. The summed E-state index contributed by atoms with van der Waals surface area (Å²) >= 11 is 0. The van der Waals surface area contributed by atoms with E-state index in [-0.39, 0.29) is 5.91 Å². The molecule has 0 spiro atoms. The van der Waals surface area contributed by atoms with E-state index in [1.807, 2.05) is 18.2 Å². The second kappa shape index (κ2) is 5.28. The van der Waals surface area contributed by atoms with Gasteiger partial charge in [0.2, 0.25) is 0 Å². The maximum atomic E-state index is 12.1. The summed E-state index contributed by atoms with van der Waals surface area (Å²) in [5.74, 6) is 0.378. The maximum Gasteiger partial charge on any atom is 0.329 e. The van der Waals surface area contributed by atoms with Crippen molar-refractivity contribution in [3.05, 3.63) is 60.2 Å². The highest BCUT2D eigenvalue weighted by Crippen LogP contribution is 2.31. The Kier molecular flexibility index (Phi) is 3.31. The summed E-state index contributed by atoms with van der Waals surface area (Å²) < 4.78 is 5.11. The van der Waals surface area contributed by atoms with Crippen molar-refractivity contribution >= 4 is 17.6 Å². The molecule has 0 aromatic heterocycles. The van der Waals surface area contributed by atoms with Gasteiger partial charge in [-0.15, -0.1) is 0 Å². The minimum absolute atomic E-state index is 0.325. The van der Waals surface area contributed by atoms with Gasteiger partial charge in [0.15, 0.2) is 0 Å². The predicted octanol–water partition coefficient (Wildman–Crippen LogP) is 2.49. The van der Waals surface area contributed by atoms with Gasteiger partial charge >= 0.3 is 6.03 Å². The number of carbonyl (C=O) groups is 2. The van der Waals surface area contributed by atoms with Crippen LogP contribution in [0.15, 0.2) is 54.6 Å². The summed E-state index contributed by atoms with van der Waals surface area (Å²) in [6.45, 7) is 0. The predicted molar refractivity (Wildman–Crippen MR) is 78.2 cm³/mol. The molecule has 0 saturated carbocycles. The molecule has 0 radical (unpaired) electrons. The van der Waals surface area contributed by atoms with E-state index >= 15 is 0 Å². The largest absolute Gasteiger partial charge is 0.497 e. The lowest BCUT2D eigenvalue weighted by atomic mass is 10.1. The number of para-hydroxylation sites is 1. The fourth-order valence-electron chi connectivity index (χ4n) is 2.41. The van der Waals surface area contributed by atoms with Crippen LogP contribution in [0.25, 0.3) is 0 Å². The number of urea groups is 1. The molecule has 5 nitrogen and oxygen atoms in total. The van der Waals surface area contributed by atoms with Crippen LogP contribution in [0.3, 0.4) is 0 Å². The molecular formula is C16H14N2O3. The van der Waals surface area contributed by atoms with Gasteiger partial charge in [-0.2, -0.15) is 0 Å². The number of anilines is 1. The van der Waals surface area contributed by atoms with Crippen LogP contribution in [-0.2, 0) is 4.79 Å². The number of nitrogens with zero attached hydrogens (tertiary/aromatic N) is 1. The number of benzene rings is 2. The van der Waals surface area contributed by atoms with Crippen molar-refractivity contribution < 1.29 is 14.3 Å². The number of rotatable bonds is 3. The average Bonchev–Trinajstić information content (AvgIpc) is 2.82. The highest BCUT2D eigenvalue weighted by molar-refractivity contribution is 6.14. The van der Waals surface area contributed by atoms with Crippen LogP contribution in [0, 0.1) is 0 Å². The number of hydrogen-bond acceptors (Lipinski definition) is 3. The molecule has 1 unspecified atom stereocenters. The van der Waals surface area contributed by atoms with Crippen LogP contribution in [0.2, 0.25) is 0 Å². The topological polar surface area (TPSA) is 58.6 Å². The highest BCUT2D eigenvalue weighted by Gasteiger charge is 2.40. The summed E-state index contributed by atoms with van der Waals surface area (Å²) in [7, 11) is 1.58. The Bertz CT molecular complexity index is 668. The number of nitrogens with one attached hydrogen (secondary N) is 1. The van der Waals surface area contributed by atoms with Gasteiger partial charge in [0.1, 0.15) is 11.8 Å². The second-order valence-electron chi connectivity index (χ2n) is 4.68. The maximum absolute atomic E-state index is 12.1. The lowest BCUT2D eigenvalue weighted by molar-refractivity contribution is -0.119. The van der Waals surface area contributed by atoms with Crippen molar-refractivity contribution in [1.82, 2.24) is 5.32 Å². The van der Waals surface area contributed by atoms with Crippen LogP contribution in [0.1, 0.15) is 11.6 Å². The molecule has 1 saturated heterocycles. The van der Waals surface area contributed by atoms with Gasteiger partial charge in [0.25, 0.3) is 5.91 Å². The number of methoxy groups -OCH3 is 1. The van der Waals surface area contributed by atoms with Gasteiger partial charge in [-0.25, -0.2) is 4.79 Å². The fraction of sp³-hybridized carbons (Fsp3) is 0.125. The molecule has 5 heteroatoms. The van der Waals surface area contributed by atoms with E-state index in [9.17, 15) is 9.59 Å². The van der Waals surface area contributed by atoms with Gasteiger partial charge in [-0.05, 0) is 29.8 Å². The number of carbonyl (C=O) groups excluding carboxylic acids is 2. The summed E-state index contributed by atoms with van der Waals surface area (Å²) in [4.78, 5) is 25.6. The van der Waals surface area contributed by atoms with Crippen LogP contribution < -0.4 is 15.0 Å².